The highest BCUT2D eigenvalue weighted by Gasteiger charge is 2.07. The Morgan fingerprint density at radius 3 is 0.896 bits per heavy atom. The van der Waals surface area contributed by atoms with Crippen LogP contribution in [0.2, 0.25) is 0 Å². The Balaban J connectivity index is 0.988. The van der Waals surface area contributed by atoms with Crippen molar-refractivity contribution in [2.45, 2.75) is 38.5 Å². The molecule has 6 rings (SSSR count). The Labute approximate surface area is 280 Å². The molecule has 0 radical (unpaired) electrons. The summed E-state index contributed by atoms with van der Waals surface area (Å²) in [5.41, 5.74) is 6.54. The van der Waals surface area contributed by atoms with Crippen LogP contribution in [0.15, 0.2) is 133 Å². The minimum atomic E-state index is 0.162. The maximum Gasteiger partial charge on any atom is 0.131 e. The minimum Gasteiger partial charge on any atom is -0.508 e. The van der Waals surface area contributed by atoms with Gasteiger partial charge in [0.25, 0.3) is 0 Å². The van der Waals surface area contributed by atoms with Crippen molar-refractivity contribution >= 4 is 0 Å². The fourth-order valence-corrected chi connectivity index (χ4v) is 5.61. The third kappa shape index (κ3) is 9.33. The molecule has 6 aromatic rings. The van der Waals surface area contributed by atoms with Crippen LogP contribution in [0.3, 0.4) is 0 Å². The first-order valence-corrected chi connectivity index (χ1v) is 16.1. The lowest BCUT2D eigenvalue weighted by Gasteiger charge is -2.11. The second-order valence-corrected chi connectivity index (χ2v) is 12.0. The van der Waals surface area contributed by atoms with Gasteiger partial charge in [-0.25, -0.2) is 0 Å². The van der Waals surface area contributed by atoms with Crippen LogP contribution in [0.4, 0.5) is 0 Å². The fraction of sp³-hybridized carbons (Fsp3) is 0.143. The highest BCUT2D eigenvalue weighted by Crippen LogP contribution is 2.30. The van der Waals surface area contributed by atoms with Crippen LogP contribution in [-0.2, 0) is 38.5 Å². The van der Waals surface area contributed by atoms with Crippen molar-refractivity contribution in [3.63, 3.8) is 0 Å². The molecule has 0 fully saturated rings. The zero-order valence-electron chi connectivity index (χ0n) is 26.5. The quantitative estimate of drug-likeness (QED) is 0.101. The largest absolute Gasteiger partial charge is 0.508 e. The molecule has 6 heteroatoms. The van der Waals surface area contributed by atoms with Gasteiger partial charge >= 0.3 is 0 Å². The van der Waals surface area contributed by atoms with Crippen LogP contribution in [0.25, 0.3) is 0 Å². The predicted octanol–water partition coefficient (Wildman–Crippen LogP) is 9.45. The number of rotatable bonds is 13. The predicted molar refractivity (Wildman–Crippen MR) is 188 cm³/mol. The van der Waals surface area contributed by atoms with Crippen molar-refractivity contribution in [3.05, 3.63) is 167 Å². The monoisotopic (exact) mass is 638 g/mol. The van der Waals surface area contributed by atoms with Crippen LogP contribution in [0.1, 0.15) is 33.4 Å². The molecule has 0 unspecified atom stereocenters. The molecule has 0 aliphatic carbocycles. The van der Waals surface area contributed by atoms with E-state index in [4.69, 9.17) is 9.47 Å². The molecule has 0 aromatic heterocycles. The molecule has 0 spiro atoms. The highest BCUT2D eigenvalue weighted by molar-refractivity contribution is 5.43. The molecule has 48 heavy (non-hydrogen) atoms. The standard InChI is InChI=1S/C42H38O6/c43-35-15-7-29(8-16-35)3-5-33-23-37(45)27-41(25-33)47-39-19-11-31(12-20-39)1-2-32-13-21-40(22-14-32)48-42-26-34(24-38(46)28-42)6-4-30-9-17-36(44)18-10-30/h7-28,43-46H,1-6H2. The molecule has 0 saturated heterocycles. The third-order valence-corrected chi connectivity index (χ3v) is 8.20. The molecule has 0 aliphatic rings. The molecule has 0 atom stereocenters. The van der Waals surface area contributed by atoms with Gasteiger partial charge in [-0.05, 0) is 145 Å². The zero-order chi connectivity index (χ0) is 33.3. The summed E-state index contributed by atoms with van der Waals surface area (Å²) in [4.78, 5) is 0. The Morgan fingerprint density at radius 2 is 0.562 bits per heavy atom. The Morgan fingerprint density at radius 1 is 0.271 bits per heavy atom. The van der Waals surface area contributed by atoms with Crippen LogP contribution in [-0.4, -0.2) is 20.4 Å². The van der Waals surface area contributed by atoms with E-state index >= 15 is 0 Å². The number of phenols is 4. The van der Waals surface area contributed by atoms with E-state index in [9.17, 15) is 20.4 Å². The molecular formula is C42H38O6. The average Bonchev–Trinajstić information content (AvgIpc) is 3.08. The van der Waals surface area contributed by atoms with E-state index in [1.54, 1.807) is 48.5 Å². The summed E-state index contributed by atoms with van der Waals surface area (Å²) < 4.78 is 12.1. The molecule has 0 aliphatic heterocycles. The Hall–Kier alpha value is -5.88. The van der Waals surface area contributed by atoms with E-state index in [1.807, 2.05) is 60.7 Å². The van der Waals surface area contributed by atoms with Gasteiger partial charge in [-0.1, -0.05) is 48.5 Å². The first kappa shape index (κ1) is 32.1. The topological polar surface area (TPSA) is 99.4 Å². The number of ether oxygens (including phenoxy) is 2. The van der Waals surface area contributed by atoms with Crippen molar-refractivity contribution in [1.29, 1.82) is 0 Å². The molecule has 6 nitrogen and oxygen atoms in total. The van der Waals surface area contributed by atoms with Gasteiger partial charge in [0.15, 0.2) is 0 Å². The molecule has 0 saturated carbocycles. The van der Waals surface area contributed by atoms with Gasteiger partial charge in [-0.2, -0.15) is 0 Å². The SMILES string of the molecule is Oc1ccc(CCc2cc(O)cc(Oc3ccc(CCc4ccc(Oc5cc(O)cc(CCc6ccc(O)cc6)c5)cc4)cc3)c2)cc1. The number of aromatic hydroxyl groups is 4. The lowest BCUT2D eigenvalue weighted by molar-refractivity contribution is 0.453. The van der Waals surface area contributed by atoms with Crippen molar-refractivity contribution in [2.24, 2.45) is 0 Å². The van der Waals surface area contributed by atoms with E-state index in [-0.39, 0.29) is 23.0 Å². The minimum absolute atomic E-state index is 0.162. The van der Waals surface area contributed by atoms with Crippen molar-refractivity contribution < 1.29 is 29.9 Å². The number of benzene rings is 6. The first-order chi connectivity index (χ1) is 23.3. The molecular weight excluding hydrogens is 600 g/mol. The third-order valence-electron chi connectivity index (χ3n) is 8.20. The highest BCUT2D eigenvalue weighted by atomic mass is 16.5. The van der Waals surface area contributed by atoms with E-state index in [0.717, 1.165) is 60.8 Å². The van der Waals surface area contributed by atoms with Gasteiger partial charge in [-0.15, -0.1) is 0 Å². The molecule has 242 valence electrons. The molecule has 6 aromatic carbocycles. The van der Waals surface area contributed by atoms with E-state index < -0.39 is 0 Å². The molecule has 0 heterocycles. The summed E-state index contributed by atoms with van der Waals surface area (Å²) in [6, 6.07) is 41.0. The van der Waals surface area contributed by atoms with E-state index in [0.29, 0.717) is 23.0 Å². The number of hydrogen-bond acceptors (Lipinski definition) is 6. The first-order valence-electron chi connectivity index (χ1n) is 16.1. The van der Waals surface area contributed by atoms with Crippen LogP contribution in [0.5, 0.6) is 46.0 Å². The molecule has 0 amide bonds. The van der Waals surface area contributed by atoms with Gasteiger partial charge < -0.3 is 29.9 Å². The average molecular weight is 639 g/mol. The Kier molecular flexibility index (Phi) is 10.1. The van der Waals surface area contributed by atoms with Crippen molar-refractivity contribution in [3.8, 4) is 46.0 Å². The fourth-order valence-electron chi connectivity index (χ4n) is 5.61. The number of aryl methyl sites for hydroxylation is 6. The van der Waals surface area contributed by atoms with Crippen LogP contribution >= 0.6 is 0 Å². The number of hydrogen-bond donors (Lipinski definition) is 4. The summed E-state index contributed by atoms with van der Waals surface area (Å²) in [6.07, 6.45) is 4.78. The lowest BCUT2D eigenvalue weighted by atomic mass is 10.0. The molecule has 0 bridgehead atoms. The summed E-state index contributed by atoms with van der Waals surface area (Å²) in [5, 5.41) is 39.5. The summed E-state index contributed by atoms with van der Waals surface area (Å²) in [7, 11) is 0. The van der Waals surface area contributed by atoms with Gasteiger partial charge in [-0.3, -0.25) is 0 Å². The summed E-state index contributed by atoms with van der Waals surface area (Å²) in [6.45, 7) is 0. The maximum absolute atomic E-state index is 10.3. The van der Waals surface area contributed by atoms with E-state index in [1.165, 1.54) is 11.1 Å². The summed E-state index contributed by atoms with van der Waals surface area (Å²) in [5.74, 6) is 3.39. The van der Waals surface area contributed by atoms with Gasteiger partial charge in [0.2, 0.25) is 0 Å². The van der Waals surface area contributed by atoms with Gasteiger partial charge in [0.05, 0.1) is 0 Å². The zero-order valence-corrected chi connectivity index (χ0v) is 26.5. The Bertz CT molecular complexity index is 1790. The second-order valence-electron chi connectivity index (χ2n) is 12.0. The van der Waals surface area contributed by atoms with E-state index in [2.05, 4.69) is 24.3 Å². The molecule has 4 N–H and O–H groups in total. The van der Waals surface area contributed by atoms with Crippen LogP contribution in [0, 0.1) is 0 Å². The van der Waals surface area contributed by atoms with Crippen molar-refractivity contribution in [2.75, 3.05) is 0 Å². The maximum atomic E-state index is 10.3. The van der Waals surface area contributed by atoms with Crippen molar-refractivity contribution in [1.82, 2.24) is 0 Å². The normalized spacial score (nSPS) is 10.9. The van der Waals surface area contributed by atoms with Gasteiger partial charge in [0.1, 0.15) is 46.0 Å². The summed E-state index contributed by atoms with van der Waals surface area (Å²) >= 11 is 0. The van der Waals surface area contributed by atoms with Crippen LogP contribution < -0.4 is 9.47 Å². The smallest absolute Gasteiger partial charge is 0.131 e. The van der Waals surface area contributed by atoms with Gasteiger partial charge in [0, 0.05) is 12.1 Å². The second kappa shape index (κ2) is 15.1. The lowest BCUT2D eigenvalue weighted by Crippen LogP contribution is -1.94. The number of phenolic OH excluding ortho intramolecular Hbond substituents is 4.